The van der Waals surface area contributed by atoms with Gasteiger partial charge in [0.2, 0.25) is 11.8 Å². The molecule has 1 saturated heterocycles. The number of hydrogen-bond donors (Lipinski definition) is 1. The molecule has 0 spiro atoms. The lowest BCUT2D eigenvalue weighted by Crippen LogP contribution is -2.46. The number of carbonyl (C=O) groups is 2. The molecular weight excluding hydrogens is 190 g/mol. The minimum absolute atomic E-state index is 0.0146. The Hall–Kier alpha value is -1.12. The standard InChI is InChI=1S/C12H17NO2/c1-8-10(7-11(14)13-12(8)15)9-5-3-2-4-6-9/h2-3,8-10H,4-7H2,1H3,(H,13,14,15). The van der Waals surface area contributed by atoms with Gasteiger partial charge in [0.1, 0.15) is 0 Å². The molecular formula is C12H17NO2. The molecule has 1 aliphatic carbocycles. The highest BCUT2D eigenvalue weighted by Gasteiger charge is 2.37. The Bertz CT molecular complexity index is 309. The van der Waals surface area contributed by atoms with Gasteiger partial charge >= 0.3 is 0 Å². The second-order valence-corrected chi connectivity index (χ2v) is 4.61. The van der Waals surface area contributed by atoms with Crippen molar-refractivity contribution in [2.45, 2.75) is 32.6 Å². The molecule has 1 N–H and O–H groups in total. The molecule has 1 fully saturated rings. The number of carbonyl (C=O) groups excluding carboxylic acids is 2. The first-order valence-electron chi connectivity index (χ1n) is 5.67. The van der Waals surface area contributed by atoms with Crippen LogP contribution in [-0.2, 0) is 9.59 Å². The summed E-state index contributed by atoms with van der Waals surface area (Å²) in [6, 6.07) is 0. The van der Waals surface area contributed by atoms with Gasteiger partial charge < -0.3 is 0 Å². The lowest BCUT2D eigenvalue weighted by molar-refractivity contribution is -0.139. The van der Waals surface area contributed by atoms with E-state index in [0.717, 1.165) is 19.3 Å². The monoisotopic (exact) mass is 207 g/mol. The third-order valence-electron chi connectivity index (χ3n) is 3.65. The van der Waals surface area contributed by atoms with Crippen LogP contribution in [0.2, 0.25) is 0 Å². The van der Waals surface area contributed by atoms with Gasteiger partial charge in [0.05, 0.1) is 0 Å². The van der Waals surface area contributed by atoms with E-state index in [1.807, 2.05) is 6.92 Å². The molecule has 1 heterocycles. The Morgan fingerprint density at radius 2 is 2.13 bits per heavy atom. The Balaban J connectivity index is 2.08. The van der Waals surface area contributed by atoms with Crippen LogP contribution < -0.4 is 5.32 Å². The molecule has 3 heteroatoms. The van der Waals surface area contributed by atoms with Crippen molar-refractivity contribution in [3.8, 4) is 0 Å². The van der Waals surface area contributed by atoms with Crippen molar-refractivity contribution in [3.05, 3.63) is 12.2 Å². The summed E-state index contributed by atoms with van der Waals surface area (Å²) in [5, 5.41) is 2.40. The van der Waals surface area contributed by atoms with Gasteiger partial charge in [0.25, 0.3) is 0 Å². The van der Waals surface area contributed by atoms with Gasteiger partial charge in [-0.2, -0.15) is 0 Å². The highest BCUT2D eigenvalue weighted by atomic mass is 16.2. The van der Waals surface area contributed by atoms with E-state index in [1.54, 1.807) is 0 Å². The molecule has 0 saturated carbocycles. The van der Waals surface area contributed by atoms with E-state index in [-0.39, 0.29) is 23.7 Å². The van der Waals surface area contributed by atoms with Crippen molar-refractivity contribution in [3.63, 3.8) is 0 Å². The van der Waals surface area contributed by atoms with E-state index in [0.29, 0.717) is 12.3 Å². The molecule has 0 aromatic rings. The number of imide groups is 1. The maximum Gasteiger partial charge on any atom is 0.229 e. The first-order valence-corrected chi connectivity index (χ1v) is 5.67. The first kappa shape index (κ1) is 10.4. The fraction of sp³-hybridized carbons (Fsp3) is 0.667. The van der Waals surface area contributed by atoms with Gasteiger partial charge in [-0.1, -0.05) is 19.1 Å². The third kappa shape index (κ3) is 2.11. The van der Waals surface area contributed by atoms with Gasteiger partial charge in [-0.25, -0.2) is 0 Å². The smallest absolute Gasteiger partial charge is 0.229 e. The Kier molecular flexibility index (Phi) is 2.89. The van der Waals surface area contributed by atoms with E-state index in [1.165, 1.54) is 0 Å². The van der Waals surface area contributed by atoms with Crippen LogP contribution >= 0.6 is 0 Å². The van der Waals surface area contributed by atoms with Gasteiger partial charge in [-0.15, -0.1) is 0 Å². The number of rotatable bonds is 1. The van der Waals surface area contributed by atoms with Crippen LogP contribution in [0.4, 0.5) is 0 Å². The molecule has 2 amide bonds. The third-order valence-corrected chi connectivity index (χ3v) is 3.65. The summed E-state index contributed by atoms with van der Waals surface area (Å²) in [6.45, 7) is 1.94. The van der Waals surface area contributed by atoms with Gasteiger partial charge in [0, 0.05) is 12.3 Å². The van der Waals surface area contributed by atoms with Crippen LogP contribution in [0.25, 0.3) is 0 Å². The summed E-state index contributed by atoms with van der Waals surface area (Å²) in [7, 11) is 0. The van der Waals surface area contributed by atoms with Crippen LogP contribution in [-0.4, -0.2) is 11.8 Å². The molecule has 15 heavy (non-hydrogen) atoms. The molecule has 2 aliphatic rings. The van der Waals surface area contributed by atoms with Crippen molar-refractivity contribution in [2.75, 3.05) is 0 Å². The van der Waals surface area contributed by atoms with E-state index in [2.05, 4.69) is 17.5 Å². The van der Waals surface area contributed by atoms with Crippen molar-refractivity contribution in [2.24, 2.45) is 17.8 Å². The molecule has 0 aromatic heterocycles. The molecule has 0 radical (unpaired) electrons. The van der Waals surface area contributed by atoms with Crippen LogP contribution in [0, 0.1) is 17.8 Å². The van der Waals surface area contributed by atoms with E-state index in [4.69, 9.17) is 0 Å². The maximum absolute atomic E-state index is 11.5. The van der Waals surface area contributed by atoms with E-state index in [9.17, 15) is 9.59 Å². The van der Waals surface area contributed by atoms with E-state index >= 15 is 0 Å². The zero-order valence-corrected chi connectivity index (χ0v) is 9.03. The van der Waals surface area contributed by atoms with Gasteiger partial charge in [-0.3, -0.25) is 14.9 Å². The van der Waals surface area contributed by atoms with Crippen LogP contribution in [0.15, 0.2) is 12.2 Å². The zero-order chi connectivity index (χ0) is 10.8. The second-order valence-electron chi connectivity index (χ2n) is 4.61. The van der Waals surface area contributed by atoms with Gasteiger partial charge in [-0.05, 0) is 31.1 Å². The number of hydrogen-bond acceptors (Lipinski definition) is 2. The highest BCUT2D eigenvalue weighted by Crippen LogP contribution is 2.35. The topological polar surface area (TPSA) is 46.2 Å². The average molecular weight is 207 g/mol. The first-order chi connectivity index (χ1) is 7.18. The SMILES string of the molecule is CC1C(=O)NC(=O)CC1C1CC=CCC1. The lowest BCUT2D eigenvalue weighted by atomic mass is 9.73. The molecule has 3 unspecified atom stereocenters. The lowest BCUT2D eigenvalue weighted by Gasteiger charge is -2.34. The Morgan fingerprint density at radius 3 is 2.80 bits per heavy atom. The van der Waals surface area contributed by atoms with Crippen molar-refractivity contribution in [1.29, 1.82) is 0 Å². The molecule has 0 aromatic carbocycles. The molecule has 3 nitrogen and oxygen atoms in total. The molecule has 1 aliphatic heterocycles. The predicted octanol–water partition coefficient (Wildman–Crippen LogP) is 1.64. The summed E-state index contributed by atoms with van der Waals surface area (Å²) in [4.78, 5) is 22.8. The largest absolute Gasteiger partial charge is 0.296 e. The Labute approximate surface area is 89.9 Å². The van der Waals surface area contributed by atoms with E-state index < -0.39 is 0 Å². The van der Waals surface area contributed by atoms with Gasteiger partial charge in [0.15, 0.2) is 0 Å². The number of allylic oxidation sites excluding steroid dienone is 2. The van der Waals surface area contributed by atoms with Crippen LogP contribution in [0.3, 0.4) is 0 Å². The Morgan fingerprint density at radius 1 is 1.33 bits per heavy atom. The summed E-state index contributed by atoms with van der Waals surface area (Å²) < 4.78 is 0. The molecule has 0 bridgehead atoms. The fourth-order valence-corrected chi connectivity index (χ4v) is 2.67. The highest BCUT2D eigenvalue weighted by molar-refractivity contribution is 5.98. The zero-order valence-electron chi connectivity index (χ0n) is 9.03. The normalized spacial score (nSPS) is 36.5. The maximum atomic E-state index is 11.5. The number of nitrogens with one attached hydrogen (secondary N) is 1. The van der Waals surface area contributed by atoms with Crippen molar-refractivity contribution >= 4 is 11.8 Å². The number of piperidine rings is 1. The second kappa shape index (κ2) is 4.17. The van der Waals surface area contributed by atoms with Crippen molar-refractivity contribution in [1.82, 2.24) is 5.32 Å². The molecule has 82 valence electrons. The van der Waals surface area contributed by atoms with Crippen LogP contribution in [0.1, 0.15) is 32.6 Å². The minimum Gasteiger partial charge on any atom is -0.296 e. The summed E-state index contributed by atoms with van der Waals surface area (Å²) in [6.07, 6.45) is 8.11. The minimum atomic E-state index is -0.0994. The summed E-state index contributed by atoms with van der Waals surface area (Å²) >= 11 is 0. The van der Waals surface area contributed by atoms with Crippen molar-refractivity contribution < 1.29 is 9.59 Å². The fourth-order valence-electron chi connectivity index (χ4n) is 2.67. The van der Waals surface area contributed by atoms with Crippen LogP contribution in [0.5, 0.6) is 0 Å². The molecule has 2 rings (SSSR count). The predicted molar refractivity (Wildman–Crippen MR) is 56.9 cm³/mol. The number of amides is 2. The average Bonchev–Trinajstić information content (AvgIpc) is 2.24. The summed E-state index contributed by atoms with van der Waals surface area (Å²) in [5.41, 5.74) is 0. The quantitative estimate of drug-likeness (QED) is 0.525. The summed E-state index contributed by atoms with van der Waals surface area (Å²) in [5.74, 6) is 0.554. The molecule has 3 atom stereocenters.